The van der Waals surface area contributed by atoms with Crippen LogP contribution in [0.2, 0.25) is 0 Å². The maximum absolute atomic E-state index is 5.17. The molecule has 1 atom stereocenters. The molecule has 2 heteroatoms. The summed E-state index contributed by atoms with van der Waals surface area (Å²) in [5.41, 5.74) is 1.53. The molecule has 0 fully saturated rings. The van der Waals surface area contributed by atoms with E-state index in [0.29, 0.717) is 6.04 Å². The van der Waals surface area contributed by atoms with Gasteiger partial charge >= 0.3 is 0 Å². The molecule has 0 aliphatic heterocycles. The summed E-state index contributed by atoms with van der Waals surface area (Å²) in [7, 11) is 1.69. The number of ether oxygens (including phenoxy) is 1. The molecule has 1 rings (SSSR count). The fourth-order valence-corrected chi connectivity index (χ4v) is 1.92. The Morgan fingerprint density at radius 2 is 1.75 bits per heavy atom. The summed E-state index contributed by atoms with van der Waals surface area (Å²) in [6.45, 7) is 9.88. The molecule has 0 heterocycles. The Morgan fingerprint density at radius 3 is 2.12 bits per heavy atom. The zero-order chi connectivity index (χ0) is 12.2. The van der Waals surface area contributed by atoms with Gasteiger partial charge in [-0.25, -0.2) is 0 Å². The van der Waals surface area contributed by atoms with Crippen LogP contribution in [0.4, 0.5) is 0 Å². The predicted octanol–water partition coefficient (Wildman–Crippen LogP) is 3.39. The average Bonchev–Trinajstić information content (AvgIpc) is 2.25. The van der Waals surface area contributed by atoms with Crippen LogP contribution < -0.4 is 10.1 Å². The molecule has 1 N–H and O–H groups in total. The fraction of sp³-hybridized carbons (Fsp3) is 0.571. The van der Waals surface area contributed by atoms with E-state index in [-0.39, 0.29) is 5.41 Å². The highest BCUT2D eigenvalue weighted by Gasteiger charge is 2.25. The first-order valence-corrected chi connectivity index (χ1v) is 5.86. The van der Waals surface area contributed by atoms with Gasteiger partial charge < -0.3 is 10.1 Å². The van der Waals surface area contributed by atoms with Gasteiger partial charge in [-0.05, 0) is 29.7 Å². The minimum atomic E-state index is 0.213. The maximum atomic E-state index is 5.17. The van der Waals surface area contributed by atoms with E-state index in [1.54, 1.807) is 7.11 Å². The smallest absolute Gasteiger partial charge is 0.118 e. The van der Waals surface area contributed by atoms with Crippen molar-refractivity contribution in [1.82, 2.24) is 5.32 Å². The lowest BCUT2D eigenvalue weighted by Crippen LogP contribution is -2.32. The van der Waals surface area contributed by atoms with Gasteiger partial charge in [0.1, 0.15) is 5.75 Å². The van der Waals surface area contributed by atoms with Gasteiger partial charge in [-0.1, -0.05) is 39.8 Å². The number of nitrogens with one attached hydrogen (secondary N) is 1. The number of hydrogen-bond donors (Lipinski definition) is 1. The second-order valence-electron chi connectivity index (χ2n) is 5.13. The van der Waals surface area contributed by atoms with Crippen LogP contribution in [0, 0.1) is 5.41 Å². The van der Waals surface area contributed by atoms with Crippen LogP contribution in [0.15, 0.2) is 24.3 Å². The number of methoxy groups -OCH3 is 1. The van der Waals surface area contributed by atoms with Crippen molar-refractivity contribution >= 4 is 0 Å². The SMILES string of the molecule is CCNC(c1ccc(OC)cc1)C(C)(C)C. The molecule has 1 unspecified atom stereocenters. The summed E-state index contributed by atoms with van der Waals surface area (Å²) in [5, 5.41) is 3.54. The predicted molar refractivity (Wildman–Crippen MR) is 68.9 cm³/mol. The average molecular weight is 221 g/mol. The Morgan fingerprint density at radius 1 is 1.19 bits per heavy atom. The van der Waals surface area contributed by atoms with Crippen LogP contribution in [0.3, 0.4) is 0 Å². The normalized spacial score (nSPS) is 13.6. The first-order valence-electron chi connectivity index (χ1n) is 5.86. The van der Waals surface area contributed by atoms with Crippen molar-refractivity contribution in [1.29, 1.82) is 0 Å². The monoisotopic (exact) mass is 221 g/mol. The first kappa shape index (κ1) is 13.0. The molecular weight excluding hydrogens is 198 g/mol. The van der Waals surface area contributed by atoms with Crippen LogP contribution in [0.5, 0.6) is 5.75 Å². The zero-order valence-electron chi connectivity index (χ0n) is 11.0. The Bertz CT molecular complexity index is 311. The Kier molecular flexibility index (Phi) is 4.36. The molecule has 0 aliphatic carbocycles. The highest BCUT2D eigenvalue weighted by Crippen LogP contribution is 2.33. The van der Waals surface area contributed by atoms with Gasteiger partial charge in [-0.2, -0.15) is 0 Å². The minimum Gasteiger partial charge on any atom is -0.497 e. The summed E-state index contributed by atoms with van der Waals surface area (Å²) in [5.74, 6) is 0.910. The van der Waals surface area contributed by atoms with E-state index in [1.165, 1.54) is 5.56 Å². The quantitative estimate of drug-likeness (QED) is 0.841. The van der Waals surface area contributed by atoms with E-state index in [1.807, 2.05) is 12.1 Å². The van der Waals surface area contributed by atoms with Gasteiger partial charge in [-0.3, -0.25) is 0 Å². The minimum absolute atomic E-state index is 0.213. The summed E-state index contributed by atoms with van der Waals surface area (Å²) in [6, 6.07) is 8.69. The van der Waals surface area contributed by atoms with Crippen molar-refractivity contribution in [2.24, 2.45) is 5.41 Å². The Labute approximate surface area is 99.0 Å². The second kappa shape index (κ2) is 5.35. The number of hydrogen-bond acceptors (Lipinski definition) is 2. The molecule has 0 aromatic heterocycles. The van der Waals surface area contributed by atoms with E-state index in [2.05, 4.69) is 45.1 Å². The van der Waals surface area contributed by atoms with Crippen LogP contribution in [0.1, 0.15) is 39.3 Å². The highest BCUT2D eigenvalue weighted by molar-refractivity contribution is 5.29. The molecule has 1 aromatic rings. The van der Waals surface area contributed by atoms with E-state index >= 15 is 0 Å². The third-order valence-corrected chi connectivity index (χ3v) is 2.72. The lowest BCUT2D eigenvalue weighted by atomic mass is 9.82. The van der Waals surface area contributed by atoms with Gasteiger partial charge in [0.25, 0.3) is 0 Å². The fourth-order valence-electron chi connectivity index (χ4n) is 1.92. The lowest BCUT2D eigenvalue weighted by Gasteiger charge is -2.32. The first-order chi connectivity index (χ1) is 7.49. The third kappa shape index (κ3) is 3.24. The third-order valence-electron chi connectivity index (χ3n) is 2.72. The van der Waals surface area contributed by atoms with E-state index < -0.39 is 0 Å². The van der Waals surface area contributed by atoms with Crippen molar-refractivity contribution in [3.8, 4) is 5.75 Å². The van der Waals surface area contributed by atoms with Crippen molar-refractivity contribution in [2.75, 3.05) is 13.7 Å². The van der Waals surface area contributed by atoms with Crippen molar-refractivity contribution in [3.05, 3.63) is 29.8 Å². The summed E-state index contributed by atoms with van der Waals surface area (Å²) in [4.78, 5) is 0. The molecule has 0 radical (unpaired) electrons. The Balaban J connectivity index is 2.93. The molecule has 0 saturated carbocycles. The zero-order valence-corrected chi connectivity index (χ0v) is 11.0. The van der Waals surface area contributed by atoms with Crippen LogP contribution in [-0.2, 0) is 0 Å². The maximum Gasteiger partial charge on any atom is 0.118 e. The molecule has 0 bridgehead atoms. The molecule has 90 valence electrons. The standard InChI is InChI=1S/C14H23NO/c1-6-15-13(14(2,3)4)11-7-9-12(16-5)10-8-11/h7-10,13,15H,6H2,1-5H3. The van der Waals surface area contributed by atoms with Crippen LogP contribution in [-0.4, -0.2) is 13.7 Å². The van der Waals surface area contributed by atoms with E-state index in [9.17, 15) is 0 Å². The molecule has 0 amide bonds. The molecular formula is C14H23NO. The highest BCUT2D eigenvalue weighted by atomic mass is 16.5. The second-order valence-corrected chi connectivity index (χ2v) is 5.13. The lowest BCUT2D eigenvalue weighted by molar-refractivity contribution is 0.276. The Hall–Kier alpha value is -1.02. The molecule has 0 aliphatic rings. The van der Waals surface area contributed by atoms with Gasteiger partial charge in [-0.15, -0.1) is 0 Å². The van der Waals surface area contributed by atoms with Gasteiger partial charge in [0.15, 0.2) is 0 Å². The van der Waals surface area contributed by atoms with Gasteiger partial charge in [0.05, 0.1) is 7.11 Å². The van der Waals surface area contributed by atoms with Crippen LogP contribution >= 0.6 is 0 Å². The number of rotatable bonds is 4. The van der Waals surface area contributed by atoms with Crippen LogP contribution in [0.25, 0.3) is 0 Å². The molecule has 16 heavy (non-hydrogen) atoms. The molecule has 0 saturated heterocycles. The van der Waals surface area contributed by atoms with Gasteiger partial charge in [0.2, 0.25) is 0 Å². The topological polar surface area (TPSA) is 21.3 Å². The van der Waals surface area contributed by atoms with E-state index in [0.717, 1.165) is 12.3 Å². The molecule has 2 nitrogen and oxygen atoms in total. The number of benzene rings is 1. The van der Waals surface area contributed by atoms with Gasteiger partial charge in [0, 0.05) is 6.04 Å². The summed E-state index contributed by atoms with van der Waals surface area (Å²) < 4.78 is 5.17. The summed E-state index contributed by atoms with van der Waals surface area (Å²) >= 11 is 0. The largest absolute Gasteiger partial charge is 0.497 e. The molecule has 1 aromatic carbocycles. The van der Waals surface area contributed by atoms with Crippen molar-refractivity contribution < 1.29 is 4.74 Å². The van der Waals surface area contributed by atoms with Crippen molar-refractivity contribution in [3.63, 3.8) is 0 Å². The van der Waals surface area contributed by atoms with E-state index in [4.69, 9.17) is 4.74 Å². The summed E-state index contributed by atoms with van der Waals surface area (Å²) in [6.07, 6.45) is 0. The molecule has 0 spiro atoms. The van der Waals surface area contributed by atoms with Crippen molar-refractivity contribution in [2.45, 2.75) is 33.7 Å².